The van der Waals surface area contributed by atoms with Crippen molar-refractivity contribution in [3.63, 3.8) is 0 Å². The molecular weight excluding hydrogens is 348 g/mol. The highest BCUT2D eigenvalue weighted by Gasteiger charge is 2.26. The predicted octanol–water partition coefficient (Wildman–Crippen LogP) is 3.71. The number of amides is 1. The molecule has 0 atom stereocenters. The van der Waals surface area contributed by atoms with Crippen LogP contribution in [0.25, 0.3) is 5.69 Å². The summed E-state index contributed by atoms with van der Waals surface area (Å²) in [4.78, 5) is 17.8. The Morgan fingerprint density at radius 1 is 1.41 bits per heavy atom. The van der Waals surface area contributed by atoms with E-state index in [0.717, 1.165) is 5.69 Å². The number of nitrogens with zero attached hydrogens (tertiary/aromatic N) is 4. The van der Waals surface area contributed by atoms with Gasteiger partial charge in [0.05, 0.1) is 17.6 Å². The lowest BCUT2D eigenvalue weighted by Crippen LogP contribution is -2.34. The molecule has 2 aromatic rings. The van der Waals surface area contributed by atoms with Gasteiger partial charge in [-0.1, -0.05) is 0 Å². The molecule has 0 aliphatic rings. The van der Waals surface area contributed by atoms with Crippen LogP contribution in [-0.2, 0) is 4.74 Å². The average molecular weight is 367 g/mol. The summed E-state index contributed by atoms with van der Waals surface area (Å²) >= 11 is 3.51. The number of carbonyl (C=O) groups excluding carboxylic acids is 1. The van der Waals surface area contributed by atoms with Crippen molar-refractivity contribution >= 4 is 27.7 Å². The van der Waals surface area contributed by atoms with Gasteiger partial charge in [-0.2, -0.15) is 5.10 Å². The molecule has 22 heavy (non-hydrogen) atoms. The number of aryl methyl sites for hydroxylation is 1. The van der Waals surface area contributed by atoms with Crippen molar-refractivity contribution in [2.24, 2.45) is 0 Å². The molecule has 0 bridgehead atoms. The molecule has 2 heterocycles. The molecule has 6 nitrogen and oxygen atoms in total. The van der Waals surface area contributed by atoms with E-state index < -0.39 is 11.7 Å². The molecule has 0 aromatic carbocycles. The van der Waals surface area contributed by atoms with Crippen molar-refractivity contribution in [3.8, 4) is 5.69 Å². The first kappa shape index (κ1) is 16.5. The predicted molar refractivity (Wildman–Crippen MR) is 88.4 cm³/mol. The van der Waals surface area contributed by atoms with Crippen LogP contribution < -0.4 is 4.90 Å². The third kappa shape index (κ3) is 3.47. The van der Waals surface area contributed by atoms with Crippen molar-refractivity contribution in [2.45, 2.75) is 33.3 Å². The zero-order valence-electron chi connectivity index (χ0n) is 13.3. The minimum atomic E-state index is -0.551. The third-order valence-electron chi connectivity index (χ3n) is 2.87. The monoisotopic (exact) mass is 366 g/mol. The highest BCUT2D eigenvalue weighted by molar-refractivity contribution is 9.10. The number of ether oxygens (including phenoxy) is 1. The van der Waals surface area contributed by atoms with E-state index in [4.69, 9.17) is 4.74 Å². The Hall–Kier alpha value is -1.89. The number of hydrogen-bond acceptors (Lipinski definition) is 4. The quantitative estimate of drug-likeness (QED) is 0.812. The van der Waals surface area contributed by atoms with Crippen LogP contribution in [-0.4, -0.2) is 33.5 Å². The normalized spacial score (nSPS) is 11.4. The Kier molecular flexibility index (Phi) is 4.55. The van der Waals surface area contributed by atoms with Gasteiger partial charge in [0.1, 0.15) is 15.9 Å². The number of aromatic nitrogens is 3. The van der Waals surface area contributed by atoms with E-state index in [1.807, 2.05) is 39.8 Å². The van der Waals surface area contributed by atoms with Gasteiger partial charge in [-0.05, 0) is 55.8 Å². The molecule has 118 valence electrons. The maximum atomic E-state index is 12.2. The summed E-state index contributed by atoms with van der Waals surface area (Å²) in [5.74, 6) is 0. The molecule has 0 saturated carbocycles. The van der Waals surface area contributed by atoms with Crippen LogP contribution in [0.15, 0.2) is 29.1 Å². The molecule has 0 saturated heterocycles. The number of hydrogen-bond donors (Lipinski definition) is 0. The Bertz CT molecular complexity index is 677. The van der Waals surface area contributed by atoms with Gasteiger partial charge in [0.2, 0.25) is 0 Å². The SMILES string of the molecule is Cc1nn(-c2cccnc2)c(Br)c1N(C)C(=O)OC(C)(C)C. The van der Waals surface area contributed by atoms with Gasteiger partial charge >= 0.3 is 6.09 Å². The van der Waals surface area contributed by atoms with Crippen LogP contribution in [0.1, 0.15) is 26.5 Å². The molecule has 0 radical (unpaired) electrons. The maximum Gasteiger partial charge on any atom is 0.414 e. The van der Waals surface area contributed by atoms with Gasteiger partial charge in [0.15, 0.2) is 0 Å². The van der Waals surface area contributed by atoms with Gasteiger partial charge in [0, 0.05) is 13.2 Å². The summed E-state index contributed by atoms with van der Waals surface area (Å²) in [6.07, 6.45) is 2.97. The molecule has 1 amide bonds. The largest absolute Gasteiger partial charge is 0.443 e. The van der Waals surface area contributed by atoms with E-state index in [1.54, 1.807) is 24.1 Å². The average Bonchev–Trinajstić information content (AvgIpc) is 2.72. The molecular formula is C15H19BrN4O2. The fourth-order valence-corrected chi connectivity index (χ4v) is 2.78. The lowest BCUT2D eigenvalue weighted by Gasteiger charge is -2.24. The van der Waals surface area contributed by atoms with E-state index in [1.165, 1.54) is 4.90 Å². The minimum absolute atomic E-state index is 0.429. The van der Waals surface area contributed by atoms with Gasteiger partial charge < -0.3 is 4.74 Å². The fraction of sp³-hybridized carbons (Fsp3) is 0.400. The van der Waals surface area contributed by atoms with Gasteiger partial charge in [-0.3, -0.25) is 9.88 Å². The molecule has 7 heteroatoms. The second-order valence-corrected chi connectivity index (χ2v) is 6.64. The van der Waals surface area contributed by atoms with E-state index in [-0.39, 0.29) is 0 Å². The van der Waals surface area contributed by atoms with Crippen LogP contribution in [0.5, 0.6) is 0 Å². The topological polar surface area (TPSA) is 60.2 Å². The van der Waals surface area contributed by atoms with E-state index in [9.17, 15) is 4.79 Å². The number of rotatable bonds is 2. The van der Waals surface area contributed by atoms with E-state index >= 15 is 0 Å². The van der Waals surface area contributed by atoms with Crippen molar-refractivity contribution in [1.82, 2.24) is 14.8 Å². The minimum Gasteiger partial charge on any atom is -0.443 e. The molecule has 0 aliphatic heterocycles. The van der Waals surface area contributed by atoms with Crippen molar-refractivity contribution in [1.29, 1.82) is 0 Å². The Morgan fingerprint density at radius 2 is 2.09 bits per heavy atom. The van der Waals surface area contributed by atoms with Crippen molar-refractivity contribution in [3.05, 3.63) is 34.8 Å². The Labute approximate surface area is 138 Å². The summed E-state index contributed by atoms with van der Waals surface area (Å²) in [5.41, 5.74) is 1.63. The molecule has 2 aromatic heterocycles. The lowest BCUT2D eigenvalue weighted by atomic mass is 10.2. The summed E-state index contributed by atoms with van der Waals surface area (Å²) in [7, 11) is 1.66. The van der Waals surface area contributed by atoms with E-state index in [2.05, 4.69) is 26.0 Å². The van der Waals surface area contributed by atoms with Crippen LogP contribution in [0.4, 0.5) is 10.5 Å². The zero-order valence-corrected chi connectivity index (χ0v) is 14.9. The van der Waals surface area contributed by atoms with Crippen LogP contribution in [0.3, 0.4) is 0 Å². The number of pyridine rings is 1. The fourth-order valence-electron chi connectivity index (χ4n) is 1.94. The molecule has 0 unspecified atom stereocenters. The summed E-state index contributed by atoms with van der Waals surface area (Å²) in [5, 5.41) is 4.46. The second kappa shape index (κ2) is 6.08. The third-order valence-corrected chi connectivity index (χ3v) is 3.58. The second-order valence-electron chi connectivity index (χ2n) is 5.89. The molecule has 0 fully saturated rings. The summed E-state index contributed by atoms with van der Waals surface area (Å²) in [6, 6.07) is 3.72. The highest BCUT2D eigenvalue weighted by atomic mass is 79.9. The Balaban J connectivity index is 2.37. The van der Waals surface area contributed by atoms with Crippen LogP contribution >= 0.6 is 15.9 Å². The smallest absolute Gasteiger partial charge is 0.414 e. The zero-order chi connectivity index (χ0) is 16.5. The first-order chi connectivity index (χ1) is 10.2. The first-order valence-corrected chi connectivity index (χ1v) is 7.62. The molecule has 2 rings (SSSR count). The van der Waals surface area contributed by atoms with E-state index in [0.29, 0.717) is 16.0 Å². The standard InChI is InChI=1S/C15H19BrN4O2/c1-10-12(19(5)14(21)22-15(2,3)4)13(16)20(18-10)11-7-6-8-17-9-11/h6-9H,1-5H3. The first-order valence-electron chi connectivity index (χ1n) is 6.83. The van der Waals surface area contributed by atoms with Crippen LogP contribution in [0, 0.1) is 6.92 Å². The maximum absolute atomic E-state index is 12.2. The van der Waals surface area contributed by atoms with Crippen LogP contribution in [0.2, 0.25) is 0 Å². The summed E-state index contributed by atoms with van der Waals surface area (Å²) < 4.78 is 7.76. The summed E-state index contributed by atoms with van der Waals surface area (Å²) in [6.45, 7) is 7.34. The number of halogens is 1. The number of anilines is 1. The Morgan fingerprint density at radius 3 is 2.64 bits per heavy atom. The van der Waals surface area contributed by atoms with Crippen molar-refractivity contribution in [2.75, 3.05) is 11.9 Å². The number of carbonyl (C=O) groups is 1. The van der Waals surface area contributed by atoms with Gasteiger partial charge in [-0.15, -0.1) is 0 Å². The van der Waals surface area contributed by atoms with Gasteiger partial charge in [0.25, 0.3) is 0 Å². The van der Waals surface area contributed by atoms with Gasteiger partial charge in [-0.25, -0.2) is 9.48 Å². The molecule has 0 N–H and O–H groups in total. The van der Waals surface area contributed by atoms with Crippen molar-refractivity contribution < 1.29 is 9.53 Å². The highest BCUT2D eigenvalue weighted by Crippen LogP contribution is 2.32. The lowest BCUT2D eigenvalue weighted by molar-refractivity contribution is 0.0589. The molecule has 0 aliphatic carbocycles. The molecule has 0 spiro atoms.